The van der Waals surface area contributed by atoms with Gasteiger partial charge in [-0.3, -0.25) is 15.0 Å². The molecule has 6 heterocycles. The lowest BCUT2D eigenvalue weighted by atomic mass is 9.94. The molecule has 0 spiro atoms. The fraction of sp³-hybridized carbons (Fsp3) is 0.0500. The van der Waals surface area contributed by atoms with Gasteiger partial charge in [0.2, 0.25) is 0 Å². The molecule has 0 bridgehead atoms. The number of fused-ring (bicyclic) bond motifs is 9. The van der Waals surface area contributed by atoms with Crippen LogP contribution in [-0.2, 0) is 19.3 Å². The molecule has 0 aliphatic carbocycles. The Morgan fingerprint density at radius 2 is 0.530 bits per heavy atom. The minimum Gasteiger partial charge on any atom is -0.309 e. The van der Waals surface area contributed by atoms with E-state index in [0.717, 1.165) is 52.9 Å². The number of para-hydroxylation sites is 3. The second kappa shape index (κ2) is 15.6. The van der Waals surface area contributed by atoms with Crippen LogP contribution in [0.2, 0.25) is 0 Å². The van der Waals surface area contributed by atoms with E-state index in [9.17, 15) is 0 Å². The Kier molecular flexibility index (Phi) is 8.94. The molecule has 0 saturated carbocycles. The van der Waals surface area contributed by atoms with Crippen LogP contribution in [0.5, 0.6) is 0 Å². The highest BCUT2D eigenvalue weighted by atomic mass is 15.0. The summed E-state index contributed by atoms with van der Waals surface area (Å²) in [6, 6.07) is 66.6. The molecule has 312 valence electrons. The van der Waals surface area contributed by atoms with Crippen LogP contribution in [-0.4, -0.2) is 28.7 Å². The topological polar surface area (TPSA) is 53.5 Å². The zero-order valence-corrected chi connectivity index (χ0v) is 36.1. The maximum absolute atomic E-state index is 4.45. The monoisotopic (exact) mass is 846 g/mol. The number of hydrogen-bond acceptors (Lipinski definition) is 3. The van der Waals surface area contributed by atoms with Gasteiger partial charge >= 0.3 is 0 Å². The Balaban J connectivity index is 0.835. The average Bonchev–Trinajstić information content (AvgIpc) is 4.01. The first-order chi connectivity index (χ1) is 32.7. The molecule has 6 aromatic heterocycles. The molecule has 13 rings (SSSR count). The third-order valence-corrected chi connectivity index (χ3v) is 13.3. The molecular formula is C60H42N6. The lowest BCUT2D eigenvalue weighted by Gasteiger charge is -2.13. The van der Waals surface area contributed by atoms with Crippen LogP contribution in [0.15, 0.2) is 219 Å². The second-order valence-electron chi connectivity index (χ2n) is 17.4. The number of rotatable bonds is 9. The molecule has 0 aliphatic rings. The Morgan fingerprint density at radius 3 is 0.833 bits per heavy atom. The standard InChI is InChI=1S/C60H42N6/c1-4-10-55-49(7-1)52-37-61-28-25-58(52)64(55)46-19-13-40(14-20-46)31-43-34-44(32-41-15-21-47(22-16-41)65-56-11-5-2-8-50(56)53-38-62-29-26-59(53)65)36-45(35-43)33-42-17-23-48(24-18-42)66-57-12-6-3-9-51(57)54-39-63-30-27-60(54)66/h1-30,34-39H,31-33H2. The molecule has 0 atom stereocenters. The highest BCUT2D eigenvalue weighted by Gasteiger charge is 2.16. The van der Waals surface area contributed by atoms with E-state index in [1.165, 1.54) is 82.2 Å². The van der Waals surface area contributed by atoms with Crippen LogP contribution in [0.4, 0.5) is 0 Å². The normalized spacial score (nSPS) is 11.8. The molecule has 6 heteroatoms. The van der Waals surface area contributed by atoms with Crippen molar-refractivity contribution in [2.24, 2.45) is 0 Å². The molecule has 7 aromatic carbocycles. The molecule has 0 amide bonds. The molecule has 0 aliphatic heterocycles. The highest BCUT2D eigenvalue weighted by Crippen LogP contribution is 2.35. The van der Waals surface area contributed by atoms with E-state index in [1.54, 1.807) is 0 Å². The first-order valence-corrected chi connectivity index (χ1v) is 22.6. The number of benzene rings is 7. The predicted octanol–water partition coefficient (Wildman–Crippen LogP) is 13.9. The van der Waals surface area contributed by atoms with Crippen LogP contribution < -0.4 is 0 Å². The van der Waals surface area contributed by atoms with Crippen molar-refractivity contribution < 1.29 is 0 Å². The fourth-order valence-corrected chi connectivity index (χ4v) is 10.4. The molecule has 66 heavy (non-hydrogen) atoms. The Morgan fingerprint density at radius 1 is 0.258 bits per heavy atom. The zero-order chi connectivity index (χ0) is 43.6. The molecule has 13 aromatic rings. The van der Waals surface area contributed by atoms with Crippen molar-refractivity contribution >= 4 is 65.4 Å². The van der Waals surface area contributed by atoms with Gasteiger partial charge in [-0.05, 0) is 125 Å². The van der Waals surface area contributed by atoms with Crippen molar-refractivity contribution in [1.29, 1.82) is 0 Å². The summed E-state index contributed by atoms with van der Waals surface area (Å²) in [6.07, 6.45) is 14.1. The summed E-state index contributed by atoms with van der Waals surface area (Å²) in [6.45, 7) is 0. The van der Waals surface area contributed by atoms with Crippen molar-refractivity contribution in [1.82, 2.24) is 28.7 Å². The zero-order valence-electron chi connectivity index (χ0n) is 36.1. The smallest absolute Gasteiger partial charge is 0.0571 e. The van der Waals surface area contributed by atoms with Gasteiger partial charge in [-0.15, -0.1) is 0 Å². The molecule has 6 nitrogen and oxygen atoms in total. The van der Waals surface area contributed by atoms with Gasteiger partial charge in [0.25, 0.3) is 0 Å². The fourth-order valence-electron chi connectivity index (χ4n) is 10.4. The van der Waals surface area contributed by atoms with E-state index in [2.05, 4.69) is 211 Å². The van der Waals surface area contributed by atoms with Gasteiger partial charge in [-0.25, -0.2) is 0 Å². The van der Waals surface area contributed by atoms with E-state index in [1.807, 2.05) is 37.2 Å². The van der Waals surface area contributed by atoms with Crippen molar-refractivity contribution in [2.75, 3.05) is 0 Å². The minimum atomic E-state index is 0.835. The van der Waals surface area contributed by atoms with Gasteiger partial charge in [-0.1, -0.05) is 109 Å². The van der Waals surface area contributed by atoms with Crippen LogP contribution in [0.25, 0.3) is 82.5 Å². The first-order valence-electron chi connectivity index (χ1n) is 22.6. The second-order valence-corrected chi connectivity index (χ2v) is 17.4. The third kappa shape index (κ3) is 6.45. The predicted molar refractivity (Wildman–Crippen MR) is 271 cm³/mol. The first kappa shape index (κ1) is 37.9. The molecular weight excluding hydrogens is 805 g/mol. The third-order valence-electron chi connectivity index (χ3n) is 13.3. The van der Waals surface area contributed by atoms with Gasteiger partial charge in [0.15, 0.2) is 0 Å². The quantitative estimate of drug-likeness (QED) is 0.145. The number of pyridine rings is 3. The van der Waals surface area contributed by atoms with Crippen molar-refractivity contribution in [2.45, 2.75) is 19.3 Å². The minimum absolute atomic E-state index is 0.835. The Bertz CT molecular complexity index is 3360. The lowest BCUT2D eigenvalue weighted by Crippen LogP contribution is -1.99. The van der Waals surface area contributed by atoms with Crippen molar-refractivity contribution in [3.8, 4) is 17.1 Å². The molecule has 0 fully saturated rings. The summed E-state index contributed by atoms with van der Waals surface area (Å²) < 4.78 is 7.05. The van der Waals surface area contributed by atoms with Crippen LogP contribution in [0, 0.1) is 0 Å². The summed E-state index contributed by atoms with van der Waals surface area (Å²) in [4.78, 5) is 13.3. The van der Waals surface area contributed by atoms with Crippen molar-refractivity contribution in [3.63, 3.8) is 0 Å². The number of nitrogens with zero attached hydrogens (tertiary/aromatic N) is 6. The maximum atomic E-state index is 4.45. The molecule has 0 radical (unpaired) electrons. The SMILES string of the molecule is c1ccc2c(c1)c1cnccc1n2-c1ccc(Cc2cc(Cc3ccc(-n4c5ccccc5c5cnccc54)cc3)cc(Cc3ccc(-n4c5ccccc5c5cnccc54)cc3)c2)cc1. The summed E-state index contributed by atoms with van der Waals surface area (Å²) in [5, 5.41) is 7.14. The maximum Gasteiger partial charge on any atom is 0.0571 e. The van der Waals surface area contributed by atoms with Crippen LogP contribution >= 0.6 is 0 Å². The largest absolute Gasteiger partial charge is 0.309 e. The highest BCUT2D eigenvalue weighted by molar-refractivity contribution is 6.10. The summed E-state index contributed by atoms with van der Waals surface area (Å²) in [5.41, 5.74) is 18.3. The van der Waals surface area contributed by atoms with E-state index in [0.29, 0.717) is 0 Å². The van der Waals surface area contributed by atoms with E-state index < -0.39 is 0 Å². The average molecular weight is 847 g/mol. The number of aromatic nitrogens is 6. The molecule has 0 unspecified atom stereocenters. The Labute approximate surface area is 381 Å². The molecule has 0 saturated heterocycles. The van der Waals surface area contributed by atoms with E-state index >= 15 is 0 Å². The van der Waals surface area contributed by atoms with Crippen LogP contribution in [0.3, 0.4) is 0 Å². The van der Waals surface area contributed by atoms with Gasteiger partial charge in [0.1, 0.15) is 0 Å². The summed E-state index contributed by atoms with van der Waals surface area (Å²) in [7, 11) is 0. The molecule has 0 N–H and O–H groups in total. The lowest BCUT2D eigenvalue weighted by molar-refractivity contribution is 1.08. The van der Waals surface area contributed by atoms with Gasteiger partial charge < -0.3 is 13.7 Å². The van der Waals surface area contributed by atoms with E-state index in [-0.39, 0.29) is 0 Å². The van der Waals surface area contributed by atoms with Gasteiger partial charge in [-0.2, -0.15) is 0 Å². The van der Waals surface area contributed by atoms with Crippen LogP contribution in [0.1, 0.15) is 33.4 Å². The number of hydrogen-bond donors (Lipinski definition) is 0. The van der Waals surface area contributed by atoms with Gasteiger partial charge in [0.05, 0.1) is 33.1 Å². The Hall–Kier alpha value is -8.61. The van der Waals surface area contributed by atoms with Gasteiger partial charge in [0, 0.05) is 86.6 Å². The van der Waals surface area contributed by atoms with Crippen molar-refractivity contribution in [3.05, 3.63) is 253 Å². The summed E-state index contributed by atoms with van der Waals surface area (Å²) in [5.74, 6) is 0. The van der Waals surface area contributed by atoms with E-state index in [4.69, 9.17) is 0 Å². The summed E-state index contributed by atoms with van der Waals surface area (Å²) >= 11 is 0.